The molecule has 2 fully saturated rings. The Balaban J connectivity index is 2.03. The molecule has 1 unspecified atom stereocenters. The maximum absolute atomic E-state index is 5.70. The summed E-state index contributed by atoms with van der Waals surface area (Å²) < 4.78 is 5.70. The highest BCUT2D eigenvalue weighted by molar-refractivity contribution is 4.96. The third-order valence-corrected chi connectivity index (χ3v) is 3.01. The molecule has 2 heteroatoms. The fraction of sp³-hybridized carbons (Fsp3) is 1.00. The number of ether oxygens (including phenoxy) is 1. The molecule has 1 spiro atoms. The number of nitrogens with one attached hydrogen (secondary N) is 1. The summed E-state index contributed by atoms with van der Waals surface area (Å²) in [5.41, 5.74) is 0.297. The molecule has 2 aliphatic rings. The quantitative estimate of drug-likeness (QED) is 0.546. The van der Waals surface area contributed by atoms with E-state index in [0.717, 1.165) is 19.2 Å². The Hall–Kier alpha value is -0.0800. The molecule has 0 aromatic heterocycles. The zero-order valence-electron chi connectivity index (χ0n) is 6.52. The van der Waals surface area contributed by atoms with E-state index in [4.69, 9.17) is 4.74 Å². The topological polar surface area (TPSA) is 21.3 Å². The molecule has 1 atom stereocenters. The van der Waals surface area contributed by atoms with Gasteiger partial charge in [0, 0.05) is 6.54 Å². The van der Waals surface area contributed by atoms with Crippen molar-refractivity contribution in [2.75, 3.05) is 13.3 Å². The molecule has 2 nitrogen and oxygen atoms in total. The Bertz CT molecular complexity index is 131. The lowest BCUT2D eigenvalue weighted by Crippen LogP contribution is -2.55. The van der Waals surface area contributed by atoms with Gasteiger partial charge in [0.1, 0.15) is 0 Å². The molecule has 0 aromatic carbocycles. The average Bonchev–Trinajstić information content (AvgIpc) is 1.85. The molecule has 58 valence electrons. The van der Waals surface area contributed by atoms with Crippen LogP contribution in [0.2, 0.25) is 0 Å². The third kappa shape index (κ3) is 0.789. The average molecular weight is 141 g/mol. The van der Waals surface area contributed by atoms with Crippen LogP contribution in [0.4, 0.5) is 0 Å². The van der Waals surface area contributed by atoms with E-state index in [1.54, 1.807) is 0 Å². The lowest BCUT2D eigenvalue weighted by Gasteiger charge is -2.49. The van der Waals surface area contributed by atoms with Crippen LogP contribution in [0.1, 0.15) is 26.2 Å². The van der Waals surface area contributed by atoms with Crippen molar-refractivity contribution in [3.63, 3.8) is 0 Å². The van der Waals surface area contributed by atoms with Gasteiger partial charge in [0.05, 0.1) is 12.3 Å². The lowest BCUT2D eigenvalue weighted by atomic mass is 9.71. The van der Waals surface area contributed by atoms with Gasteiger partial charge in [0.15, 0.2) is 0 Å². The Labute approximate surface area is 61.9 Å². The van der Waals surface area contributed by atoms with Gasteiger partial charge < -0.3 is 4.74 Å². The second kappa shape index (κ2) is 2.21. The summed E-state index contributed by atoms with van der Waals surface area (Å²) >= 11 is 0. The molecule has 10 heavy (non-hydrogen) atoms. The molecule has 1 aliphatic carbocycles. The first-order chi connectivity index (χ1) is 4.83. The summed E-state index contributed by atoms with van der Waals surface area (Å²) in [5, 5.41) is 3.24. The largest absolute Gasteiger partial charge is 0.360 e. The highest BCUT2D eigenvalue weighted by Gasteiger charge is 2.44. The fourth-order valence-electron chi connectivity index (χ4n) is 1.96. The summed E-state index contributed by atoms with van der Waals surface area (Å²) in [6, 6.07) is 0. The molecule has 0 bridgehead atoms. The van der Waals surface area contributed by atoms with Crippen molar-refractivity contribution in [3.05, 3.63) is 0 Å². The zero-order valence-corrected chi connectivity index (χ0v) is 6.52. The zero-order chi connectivity index (χ0) is 7.03. The Morgan fingerprint density at radius 2 is 2.30 bits per heavy atom. The van der Waals surface area contributed by atoms with Crippen LogP contribution < -0.4 is 5.32 Å². The van der Waals surface area contributed by atoms with E-state index >= 15 is 0 Å². The predicted octanol–water partition coefficient (Wildman–Crippen LogP) is 1.12. The lowest BCUT2D eigenvalue weighted by molar-refractivity contribution is -0.163. The van der Waals surface area contributed by atoms with Gasteiger partial charge in [-0.25, -0.2) is 0 Å². The molecule has 2 rings (SSSR count). The van der Waals surface area contributed by atoms with Crippen LogP contribution in [0.3, 0.4) is 0 Å². The highest BCUT2D eigenvalue weighted by atomic mass is 16.5. The van der Waals surface area contributed by atoms with Crippen LogP contribution >= 0.6 is 0 Å². The molecule has 0 amide bonds. The smallest absolute Gasteiger partial charge is 0.0973 e. The minimum atomic E-state index is 0.297. The van der Waals surface area contributed by atoms with Gasteiger partial charge in [-0.2, -0.15) is 0 Å². The second-order valence-corrected chi connectivity index (χ2v) is 3.56. The van der Waals surface area contributed by atoms with Crippen molar-refractivity contribution in [2.24, 2.45) is 5.92 Å². The first-order valence-electron chi connectivity index (χ1n) is 4.18. The molecule has 1 aliphatic heterocycles. The minimum absolute atomic E-state index is 0.297. The van der Waals surface area contributed by atoms with Crippen LogP contribution in [-0.4, -0.2) is 18.9 Å². The van der Waals surface area contributed by atoms with E-state index in [1.807, 2.05) is 0 Å². The summed E-state index contributed by atoms with van der Waals surface area (Å²) in [6.07, 6.45) is 3.94. The summed E-state index contributed by atoms with van der Waals surface area (Å²) in [5.74, 6) is 0.718. The molecule has 1 N–H and O–H groups in total. The van der Waals surface area contributed by atoms with Crippen molar-refractivity contribution in [1.29, 1.82) is 0 Å². The Morgan fingerprint density at radius 1 is 1.50 bits per heavy atom. The monoisotopic (exact) mass is 141 g/mol. The van der Waals surface area contributed by atoms with E-state index < -0.39 is 0 Å². The molecular weight excluding hydrogens is 126 g/mol. The second-order valence-electron chi connectivity index (χ2n) is 3.56. The first kappa shape index (κ1) is 6.62. The number of hydrogen-bond donors (Lipinski definition) is 1. The predicted molar refractivity (Wildman–Crippen MR) is 39.7 cm³/mol. The number of rotatable bonds is 0. The van der Waals surface area contributed by atoms with E-state index in [9.17, 15) is 0 Å². The fourth-order valence-corrected chi connectivity index (χ4v) is 1.96. The van der Waals surface area contributed by atoms with Crippen LogP contribution in [0, 0.1) is 5.92 Å². The van der Waals surface area contributed by atoms with E-state index in [2.05, 4.69) is 12.2 Å². The van der Waals surface area contributed by atoms with E-state index in [0.29, 0.717) is 5.60 Å². The Morgan fingerprint density at radius 3 is 2.70 bits per heavy atom. The molecule has 1 saturated heterocycles. The molecule has 0 aromatic rings. The van der Waals surface area contributed by atoms with Crippen LogP contribution in [0.25, 0.3) is 0 Å². The Kier molecular flexibility index (Phi) is 1.46. The summed E-state index contributed by atoms with van der Waals surface area (Å²) in [7, 11) is 0. The minimum Gasteiger partial charge on any atom is -0.360 e. The first-order valence-corrected chi connectivity index (χ1v) is 4.18. The van der Waals surface area contributed by atoms with Crippen molar-refractivity contribution in [2.45, 2.75) is 31.8 Å². The van der Waals surface area contributed by atoms with Crippen LogP contribution in [0.5, 0.6) is 0 Å². The van der Waals surface area contributed by atoms with Gasteiger partial charge in [-0.3, -0.25) is 5.32 Å². The van der Waals surface area contributed by atoms with Crippen molar-refractivity contribution < 1.29 is 4.74 Å². The van der Waals surface area contributed by atoms with Crippen LogP contribution in [-0.2, 0) is 4.74 Å². The van der Waals surface area contributed by atoms with Gasteiger partial charge in [-0.15, -0.1) is 0 Å². The van der Waals surface area contributed by atoms with E-state index in [1.165, 1.54) is 19.3 Å². The number of hydrogen-bond acceptors (Lipinski definition) is 2. The third-order valence-electron chi connectivity index (χ3n) is 3.01. The summed E-state index contributed by atoms with van der Waals surface area (Å²) in [6.45, 7) is 4.19. The van der Waals surface area contributed by atoms with Crippen molar-refractivity contribution >= 4 is 0 Å². The maximum Gasteiger partial charge on any atom is 0.0973 e. The maximum atomic E-state index is 5.70. The van der Waals surface area contributed by atoms with Gasteiger partial charge in [-0.1, -0.05) is 6.92 Å². The summed E-state index contributed by atoms with van der Waals surface area (Å²) in [4.78, 5) is 0. The van der Waals surface area contributed by atoms with Gasteiger partial charge in [-0.05, 0) is 25.2 Å². The molecule has 1 saturated carbocycles. The molecular formula is C8H15NO. The van der Waals surface area contributed by atoms with Gasteiger partial charge in [0.2, 0.25) is 0 Å². The molecule has 0 radical (unpaired) electrons. The van der Waals surface area contributed by atoms with Crippen LogP contribution in [0.15, 0.2) is 0 Å². The van der Waals surface area contributed by atoms with Gasteiger partial charge in [0.25, 0.3) is 0 Å². The normalized spacial score (nSPS) is 37.5. The SMILES string of the molecule is CC1CNCOC12CCC2. The van der Waals surface area contributed by atoms with E-state index in [-0.39, 0.29) is 0 Å². The van der Waals surface area contributed by atoms with Crippen molar-refractivity contribution in [1.82, 2.24) is 5.32 Å². The van der Waals surface area contributed by atoms with Crippen molar-refractivity contribution in [3.8, 4) is 0 Å². The molecule has 1 heterocycles. The highest BCUT2D eigenvalue weighted by Crippen LogP contribution is 2.42. The standard InChI is InChI=1S/C8H15NO/c1-7-5-9-6-10-8(7)3-2-4-8/h7,9H,2-6H2,1H3. The van der Waals surface area contributed by atoms with Gasteiger partial charge >= 0.3 is 0 Å².